The minimum absolute atomic E-state index is 0.112. The molecule has 11 nitrogen and oxygen atoms in total. The van der Waals surface area contributed by atoms with Crippen LogP contribution in [0.4, 0.5) is 5.69 Å². The fraction of sp³-hybridized carbons (Fsp3) is 0.192. The monoisotopic (exact) mass is 505 g/mol. The molecule has 0 aliphatic carbocycles. The number of esters is 4. The van der Waals surface area contributed by atoms with Gasteiger partial charge in [-0.2, -0.15) is 5.26 Å². The smallest absolute Gasteiger partial charge is 0.355 e. The number of nitrogens with zero attached hydrogens (tertiary/aromatic N) is 2. The van der Waals surface area contributed by atoms with Crippen molar-refractivity contribution in [1.82, 2.24) is 0 Å². The molecule has 11 heteroatoms. The van der Waals surface area contributed by atoms with Gasteiger partial charge in [0.1, 0.15) is 11.5 Å². The highest BCUT2D eigenvalue weighted by atomic mass is 16.5. The van der Waals surface area contributed by atoms with E-state index < -0.39 is 35.5 Å². The topological polar surface area (TPSA) is 158 Å². The molecule has 1 atom stereocenters. The number of rotatable bonds is 6. The van der Waals surface area contributed by atoms with E-state index in [4.69, 9.17) is 24.7 Å². The molecular weight excluding hydrogens is 482 g/mol. The molecule has 2 N–H and O–H groups in total. The van der Waals surface area contributed by atoms with Crippen molar-refractivity contribution >= 4 is 29.6 Å². The van der Waals surface area contributed by atoms with Crippen molar-refractivity contribution < 1.29 is 38.1 Å². The number of nitriles is 1. The van der Waals surface area contributed by atoms with Crippen LogP contribution in [0.5, 0.6) is 0 Å². The molecule has 0 aromatic heterocycles. The minimum atomic E-state index is -1.10. The van der Waals surface area contributed by atoms with E-state index in [-0.39, 0.29) is 33.8 Å². The second-order valence-electron chi connectivity index (χ2n) is 7.52. The summed E-state index contributed by atoms with van der Waals surface area (Å²) in [7, 11) is 4.42. The van der Waals surface area contributed by atoms with Crippen LogP contribution < -0.4 is 10.6 Å². The highest BCUT2D eigenvalue weighted by molar-refractivity contribution is 6.11. The third-order valence-corrected chi connectivity index (χ3v) is 5.69. The van der Waals surface area contributed by atoms with Crippen molar-refractivity contribution in [3.8, 4) is 6.07 Å². The molecular formula is C26H23N3O8. The molecule has 1 aliphatic heterocycles. The Hall–Kier alpha value is -5.11. The predicted molar refractivity (Wildman–Crippen MR) is 129 cm³/mol. The summed E-state index contributed by atoms with van der Waals surface area (Å²) in [6.45, 7) is 0. The normalized spacial score (nSPS) is 15.0. The van der Waals surface area contributed by atoms with E-state index in [9.17, 15) is 24.4 Å². The number of nitrogens with two attached hydrogens (primary N) is 1. The van der Waals surface area contributed by atoms with Gasteiger partial charge in [0.2, 0.25) is 0 Å². The molecule has 2 aromatic carbocycles. The third-order valence-electron chi connectivity index (χ3n) is 5.69. The fourth-order valence-electron chi connectivity index (χ4n) is 4.09. The van der Waals surface area contributed by atoms with E-state index in [2.05, 4.69) is 0 Å². The van der Waals surface area contributed by atoms with Crippen LogP contribution in [-0.2, 0) is 28.5 Å². The van der Waals surface area contributed by atoms with Crippen molar-refractivity contribution in [3.63, 3.8) is 0 Å². The summed E-state index contributed by atoms with van der Waals surface area (Å²) in [4.78, 5) is 52.8. The number of methoxy groups -OCH3 is 4. The van der Waals surface area contributed by atoms with Crippen molar-refractivity contribution in [2.45, 2.75) is 5.92 Å². The molecule has 0 saturated carbocycles. The minimum Gasteiger partial charge on any atom is -0.466 e. The first-order valence-corrected chi connectivity index (χ1v) is 10.7. The molecule has 1 heterocycles. The summed E-state index contributed by atoms with van der Waals surface area (Å²) in [5, 5.41) is 10.1. The average molecular weight is 505 g/mol. The highest BCUT2D eigenvalue weighted by Crippen LogP contribution is 2.44. The summed E-state index contributed by atoms with van der Waals surface area (Å²) in [6.07, 6.45) is 0. The van der Waals surface area contributed by atoms with Crippen molar-refractivity contribution in [2.24, 2.45) is 5.73 Å². The molecule has 37 heavy (non-hydrogen) atoms. The summed E-state index contributed by atoms with van der Waals surface area (Å²) in [6, 6.07) is 14.5. The highest BCUT2D eigenvalue weighted by Gasteiger charge is 2.44. The Morgan fingerprint density at radius 1 is 0.811 bits per heavy atom. The van der Waals surface area contributed by atoms with Gasteiger partial charge in [0, 0.05) is 0 Å². The summed E-state index contributed by atoms with van der Waals surface area (Å²) >= 11 is 0. The number of hydrogen-bond acceptors (Lipinski definition) is 11. The zero-order valence-electron chi connectivity index (χ0n) is 20.4. The summed E-state index contributed by atoms with van der Waals surface area (Å²) in [5.41, 5.74) is 5.51. The Morgan fingerprint density at radius 3 is 1.95 bits per heavy atom. The predicted octanol–water partition coefficient (Wildman–Crippen LogP) is 2.16. The second kappa shape index (κ2) is 11.1. The molecule has 3 rings (SSSR count). The molecule has 0 saturated heterocycles. The Bertz CT molecular complexity index is 1370. The van der Waals surface area contributed by atoms with Gasteiger partial charge in [0.25, 0.3) is 0 Å². The molecule has 0 fully saturated rings. The zero-order chi connectivity index (χ0) is 27.3. The maximum Gasteiger partial charge on any atom is 0.355 e. The lowest BCUT2D eigenvalue weighted by molar-refractivity contribution is -0.139. The van der Waals surface area contributed by atoms with Gasteiger partial charge in [0.05, 0.1) is 68.4 Å². The van der Waals surface area contributed by atoms with Crippen molar-refractivity contribution in [3.05, 3.63) is 87.9 Å². The molecule has 0 spiro atoms. The molecule has 0 amide bonds. The number of carbonyl (C=O) groups is 4. The zero-order valence-corrected chi connectivity index (χ0v) is 20.4. The number of hydrogen-bond donors (Lipinski definition) is 1. The number of ether oxygens (including phenoxy) is 4. The first-order valence-electron chi connectivity index (χ1n) is 10.7. The van der Waals surface area contributed by atoms with E-state index in [1.807, 2.05) is 6.07 Å². The van der Waals surface area contributed by atoms with Crippen LogP contribution in [-0.4, -0.2) is 52.3 Å². The quantitative estimate of drug-likeness (QED) is 0.453. The second-order valence-corrected chi connectivity index (χ2v) is 7.52. The first-order chi connectivity index (χ1) is 17.8. The van der Waals surface area contributed by atoms with Gasteiger partial charge in [0.15, 0.2) is 0 Å². The number of benzene rings is 2. The Labute approximate surface area is 212 Å². The van der Waals surface area contributed by atoms with E-state index in [1.54, 1.807) is 30.3 Å². The standard InChI is InChI=1S/C26H23N3O8/c1-34-23(30)15-11-8-12-17(19(15)24(31)35-2)29-21(26(33)37-4)20(25(32)36-3)18(16(13-27)22(29)28)14-9-6-5-7-10-14/h5-12,18H,28H2,1-4H3. The van der Waals surface area contributed by atoms with Crippen LogP contribution >= 0.6 is 0 Å². The van der Waals surface area contributed by atoms with Gasteiger partial charge in [-0.05, 0) is 17.7 Å². The number of allylic oxidation sites excluding steroid dienone is 1. The van der Waals surface area contributed by atoms with Gasteiger partial charge < -0.3 is 24.7 Å². The molecule has 2 aromatic rings. The third kappa shape index (κ3) is 4.60. The van der Waals surface area contributed by atoms with E-state index in [0.29, 0.717) is 5.56 Å². The van der Waals surface area contributed by atoms with Gasteiger partial charge >= 0.3 is 23.9 Å². The van der Waals surface area contributed by atoms with E-state index >= 15 is 0 Å². The molecule has 1 aliphatic rings. The Kier molecular flexibility index (Phi) is 7.94. The van der Waals surface area contributed by atoms with Gasteiger partial charge in [-0.1, -0.05) is 36.4 Å². The molecule has 1 unspecified atom stereocenters. The van der Waals surface area contributed by atoms with Gasteiger partial charge in [-0.3, -0.25) is 4.90 Å². The Morgan fingerprint density at radius 2 is 1.41 bits per heavy atom. The van der Waals surface area contributed by atoms with E-state index in [1.165, 1.54) is 18.2 Å². The molecule has 190 valence electrons. The van der Waals surface area contributed by atoms with Crippen molar-refractivity contribution in [2.75, 3.05) is 33.3 Å². The van der Waals surface area contributed by atoms with Gasteiger partial charge in [-0.15, -0.1) is 0 Å². The van der Waals surface area contributed by atoms with Crippen LogP contribution in [0, 0.1) is 11.3 Å². The lowest BCUT2D eigenvalue weighted by Gasteiger charge is -2.36. The SMILES string of the molecule is COC(=O)C1=C(C(=O)OC)N(c2cccc(C(=O)OC)c2C(=O)OC)C(N)=C(C#N)C1c1ccccc1. The molecule has 0 bridgehead atoms. The fourth-order valence-corrected chi connectivity index (χ4v) is 4.09. The largest absolute Gasteiger partial charge is 0.466 e. The summed E-state index contributed by atoms with van der Waals surface area (Å²) in [5.74, 6) is -5.17. The lowest BCUT2D eigenvalue weighted by Crippen LogP contribution is -2.41. The maximum absolute atomic E-state index is 13.2. The average Bonchev–Trinajstić information content (AvgIpc) is 2.94. The van der Waals surface area contributed by atoms with E-state index in [0.717, 1.165) is 33.3 Å². The maximum atomic E-state index is 13.2. The van der Waals surface area contributed by atoms with Crippen LogP contribution in [0.3, 0.4) is 0 Å². The number of anilines is 1. The van der Waals surface area contributed by atoms with Crippen molar-refractivity contribution in [1.29, 1.82) is 5.26 Å². The first kappa shape index (κ1) is 26.5. The van der Waals surface area contributed by atoms with Crippen LogP contribution in [0.1, 0.15) is 32.2 Å². The van der Waals surface area contributed by atoms with Gasteiger partial charge in [-0.25, -0.2) is 19.2 Å². The Balaban J connectivity index is 2.52. The van der Waals surface area contributed by atoms with Crippen LogP contribution in [0.25, 0.3) is 0 Å². The summed E-state index contributed by atoms with van der Waals surface area (Å²) < 4.78 is 19.6. The number of carbonyl (C=O) groups excluding carboxylic acids is 4. The van der Waals surface area contributed by atoms with Crippen LogP contribution in [0.15, 0.2) is 71.2 Å². The van der Waals surface area contributed by atoms with Crippen LogP contribution in [0.2, 0.25) is 0 Å². The lowest BCUT2D eigenvalue weighted by atomic mass is 9.80. The molecule has 0 radical (unpaired) electrons.